The van der Waals surface area contributed by atoms with Crippen LogP contribution >= 0.6 is 0 Å². The number of hydrazone groups is 1. The van der Waals surface area contributed by atoms with Gasteiger partial charge >= 0.3 is 5.91 Å². The molecule has 1 heterocycles. The zero-order valence-electron chi connectivity index (χ0n) is 10.6. The first kappa shape index (κ1) is 13.5. The summed E-state index contributed by atoms with van der Waals surface area (Å²) in [7, 11) is 0. The normalized spacial score (nSPS) is 10.7. The summed E-state index contributed by atoms with van der Waals surface area (Å²) in [6.45, 7) is 1.73. The van der Waals surface area contributed by atoms with Crippen molar-refractivity contribution in [1.82, 2.24) is 5.43 Å². The molecule has 0 radical (unpaired) electrons. The second-order valence-electron chi connectivity index (χ2n) is 3.96. The molecule has 0 aliphatic heterocycles. The van der Waals surface area contributed by atoms with Gasteiger partial charge in [0.05, 0.1) is 11.1 Å². The van der Waals surface area contributed by atoms with Crippen LogP contribution in [0.5, 0.6) is 0 Å². The molecule has 1 aromatic carbocycles. The van der Waals surface area contributed by atoms with Gasteiger partial charge in [-0.25, -0.2) is 5.43 Å². The first-order chi connectivity index (χ1) is 9.56. The molecule has 102 valence electrons. The molecule has 0 aliphatic rings. The smallest absolute Gasteiger partial charge is 0.307 e. The summed E-state index contributed by atoms with van der Waals surface area (Å²) in [5, 5.41) is 14.2. The van der Waals surface area contributed by atoms with E-state index in [0.29, 0.717) is 11.3 Å². The highest BCUT2D eigenvalue weighted by Crippen LogP contribution is 2.10. The third-order valence-corrected chi connectivity index (χ3v) is 2.45. The monoisotopic (exact) mass is 273 g/mol. The van der Waals surface area contributed by atoms with Crippen LogP contribution in [-0.2, 0) is 0 Å². The van der Waals surface area contributed by atoms with Gasteiger partial charge in [0.15, 0.2) is 5.76 Å². The fourth-order valence-electron chi connectivity index (χ4n) is 1.46. The quantitative estimate of drug-likeness (QED) is 0.524. The topological polar surface area (TPSA) is 97.7 Å². The third-order valence-electron chi connectivity index (χ3n) is 2.45. The van der Waals surface area contributed by atoms with Gasteiger partial charge < -0.3 is 4.42 Å². The lowest BCUT2D eigenvalue weighted by molar-refractivity contribution is -0.384. The molecule has 1 N–H and O–H groups in total. The maximum absolute atomic E-state index is 11.6. The molecule has 1 amide bonds. The van der Waals surface area contributed by atoms with Gasteiger partial charge in [0, 0.05) is 12.1 Å². The molecule has 0 saturated carbocycles. The first-order valence-corrected chi connectivity index (χ1v) is 5.70. The van der Waals surface area contributed by atoms with Gasteiger partial charge in [0.25, 0.3) is 5.69 Å². The summed E-state index contributed by atoms with van der Waals surface area (Å²) in [5.74, 6) is 0.342. The van der Waals surface area contributed by atoms with Gasteiger partial charge in [-0.05, 0) is 36.8 Å². The Balaban J connectivity index is 1.96. The van der Waals surface area contributed by atoms with Gasteiger partial charge in [-0.1, -0.05) is 0 Å². The highest BCUT2D eigenvalue weighted by Gasteiger charge is 2.08. The number of amides is 1. The van der Waals surface area contributed by atoms with Crippen LogP contribution in [0, 0.1) is 17.0 Å². The van der Waals surface area contributed by atoms with Crippen molar-refractivity contribution in [1.29, 1.82) is 0 Å². The molecule has 2 aromatic rings. The van der Waals surface area contributed by atoms with E-state index in [0.717, 1.165) is 0 Å². The van der Waals surface area contributed by atoms with Gasteiger partial charge in [-0.15, -0.1) is 0 Å². The van der Waals surface area contributed by atoms with E-state index in [4.69, 9.17) is 4.42 Å². The molecule has 0 spiro atoms. The average molecular weight is 273 g/mol. The van der Waals surface area contributed by atoms with Crippen LogP contribution in [-0.4, -0.2) is 17.0 Å². The maximum Gasteiger partial charge on any atom is 0.307 e. The maximum atomic E-state index is 11.6. The number of nitrogens with zero attached hydrogens (tertiary/aromatic N) is 2. The largest absolute Gasteiger partial charge is 0.456 e. The summed E-state index contributed by atoms with van der Waals surface area (Å²) in [6.07, 6.45) is 1.39. The number of nitrogens with one attached hydrogen (secondary N) is 1. The molecule has 7 heteroatoms. The number of rotatable bonds is 4. The van der Waals surface area contributed by atoms with Crippen LogP contribution in [0.25, 0.3) is 0 Å². The summed E-state index contributed by atoms with van der Waals surface area (Å²) in [6, 6.07) is 9.01. The Kier molecular flexibility index (Phi) is 3.90. The van der Waals surface area contributed by atoms with Crippen molar-refractivity contribution in [2.75, 3.05) is 0 Å². The van der Waals surface area contributed by atoms with Crippen molar-refractivity contribution >= 4 is 17.8 Å². The Labute approximate surface area is 114 Å². The van der Waals surface area contributed by atoms with E-state index in [1.807, 2.05) is 0 Å². The number of nitro benzene ring substituents is 1. The predicted octanol–water partition coefficient (Wildman–Crippen LogP) is 2.26. The summed E-state index contributed by atoms with van der Waals surface area (Å²) >= 11 is 0. The number of furan rings is 1. The molecule has 0 atom stereocenters. The minimum Gasteiger partial charge on any atom is -0.456 e. The number of non-ortho nitro benzene ring substituents is 1. The van der Waals surface area contributed by atoms with Gasteiger partial charge in [-0.3, -0.25) is 14.9 Å². The van der Waals surface area contributed by atoms with Crippen LogP contribution in [0.1, 0.15) is 21.9 Å². The predicted molar refractivity (Wildman–Crippen MR) is 71.6 cm³/mol. The lowest BCUT2D eigenvalue weighted by Gasteiger charge is -1.96. The van der Waals surface area contributed by atoms with Gasteiger partial charge in [-0.2, -0.15) is 5.10 Å². The second-order valence-corrected chi connectivity index (χ2v) is 3.96. The average Bonchev–Trinajstić information content (AvgIpc) is 2.86. The molecule has 0 saturated heterocycles. The van der Waals surface area contributed by atoms with Crippen LogP contribution in [0.4, 0.5) is 5.69 Å². The SMILES string of the molecule is Cc1ccc(C(=O)N/N=C/c2ccc([N+](=O)[O-])cc2)o1. The van der Waals surface area contributed by atoms with E-state index in [1.165, 1.54) is 30.5 Å². The fourth-order valence-corrected chi connectivity index (χ4v) is 1.46. The number of nitro groups is 1. The molecular weight excluding hydrogens is 262 g/mol. The van der Waals surface area contributed by atoms with Crippen molar-refractivity contribution in [2.45, 2.75) is 6.92 Å². The Hall–Kier alpha value is -2.96. The molecule has 0 unspecified atom stereocenters. The highest BCUT2D eigenvalue weighted by molar-refractivity contribution is 5.92. The van der Waals surface area contributed by atoms with E-state index in [9.17, 15) is 14.9 Å². The lowest BCUT2D eigenvalue weighted by Crippen LogP contribution is -2.16. The van der Waals surface area contributed by atoms with Crippen LogP contribution in [0.2, 0.25) is 0 Å². The van der Waals surface area contributed by atoms with Crippen molar-refractivity contribution < 1.29 is 14.1 Å². The lowest BCUT2D eigenvalue weighted by atomic mass is 10.2. The minimum absolute atomic E-state index is 0.00255. The Morgan fingerprint density at radius 3 is 2.55 bits per heavy atom. The van der Waals surface area contributed by atoms with E-state index in [1.54, 1.807) is 19.1 Å². The third kappa shape index (κ3) is 3.29. The Bertz CT molecular complexity index is 659. The van der Waals surface area contributed by atoms with Crippen LogP contribution in [0.15, 0.2) is 45.9 Å². The number of hydrogen-bond donors (Lipinski definition) is 1. The molecule has 2 rings (SSSR count). The van der Waals surface area contributed by atoms with E-state index >= 15 is 0 Å². The second kappa shape index (κ2) is 5.79. The summed E-state index contributed by atoms with van der Waals surface area (Å²) in [4.78, 5) is 21.6. The van der Waals surface area contributed by atoms with Gasteiger partial charge in [0.2, 0.25) is 0 Å². The van der Waals surface area contributed by atoms with Crippen molar-refractivity contribution in [2.24, 2.45) is 5.10 Å². The summed E-state index contributed by atoms with van der Waals surface area (Å²) < 4.78 is 5.13. The van der Waals surface area contributed by atoms with Crippen LogP contribution < -0.4 is 5.43 Å². The zero-order valence-corrected chi connectivity index (χ0v) is 10.6. The number of aryl methyl sites for hydroxylation is 1. The van der Waals surface area contributed by atoms with E-state index < -0.39 is 10.8 Å². The number of carbonyl (C=O) groups excluding carboxylic acids is 1. The fraction of sp³-hybridized carbons (Fsp3) is 0.0769. The molecule has 0 fully saturated rings. The summed E-state index contributed by atoms with van der Waals surface area (Å²) in [5.41, 5.74) is 2.93. The minimum atomic E-state index is -0.484. The number of benzene rings is 1. The first-order valence-electron chi connectivity index (χ1n) is 5.70. The molecule has 0 aliphatic carbocycles. The Morgan fingerprint density at radius 2 is 2.00 bits per heavy atom. The van der Waals surface area contributed by atoms with E-state index in [-0.39, 0.29) is 11.4 Å². The molecule has 0 bridgehead atoms. The number of carbonyl (C=O) groups is 1. The standard InChI is InChI=1S/C13H11N3O4/c1-9-2-7-12(20-9)13(17)15-14-8-10-3-5-11(6-4-10)16(18)19/h2-8H,1H3,(H,15,17)/b14-8+. The Morgan fingerprint density at radius 1 is 1.30 bits per heavy atom. The number of hydrogen-bond acceptors (Lipinski definition) is 5. The molecule has 7 nitrogen and oxygen atoms in total. The molecular formula is C13H11N3O4. The highest BCUT2D eigenvalue weighted by atomic mass is 16.6. The van der Waals surface area contributed by atoms with Gasteiger partial charge in [0.1, 0.15) is 5.76 Å². The van der Waals surface area contributed by atoms with E-state index in [2.05, 4.69) is 10.5 Å². The van der Waals surface area contributed by atoms with Crippen molar-refractivity contribution in [3.8, 4) is 0 Å². The molecule has 20 heavy (non-hydrogen) atoms. The zero-order chi connectivity index (χ0) is 14.5. The van der Waals surface area contributed by atoms with Crippen molar-refractivity contribution in [3.63, 3.8) is 0 Å². The molecule has 1 aromatic heterocycles. The van der Waals surface area contributed by atoms with Crippen LogP contribution in [0.3, 0.4) is 0 Å². The van der Waals surface area contributed by atoms with Crippen molar-refractivity contribution in [3.05, 3.63) is 63.6 Å².